The minimum Gasteiger partial charge on any atom is -0.289 e. The van der Waals surface area contributed by atoms with Crippen LogP contribution in [0.3, 0.4) is 0 Å². The Morgan fingerprint density at radius 1 is 0.621 bits per heavy atom. The molecular formula is C22H16N2O4S. The SMILES string of the molecule is O=C1C=C(Cc2ccccc2Sc2ccccc2CC2=CC(=O)NC2=O)C(=O)N1. The van der Waals surface area contributed by atoms with Gasteiger partial charge in [-0.3, -0.25) is 29.8 Å². The Balaban J connectivity index is 1.59. The van der Waals surface area contributed by atoms with Crippen LogP contribution in [0.2, 0.25) is 0 Å². The number of carbonyl (C=O) groups excluding carboxylic acids is 4. The summed E-state index contributed by atoms with van der Waals surface area (Å²) in [7, 11) is 0. The van der Waals surface area contributed by atoms with Crippen LogP contribution >= 0.6 is 11.8 Å². The number of nitrogens with one attached hydrogen (secondary N) is 2. The maximum absolute atomic E-state index is 11.9. The Morgan fingerprint density at radius 2 is 1.03 bits per heavy atom. The third-order valence-corrected chi connectivity index (χ3v) is 5.83. The van der Waals surface area contributed by atoms with Crippen LogP contribution in [0.5, 0.6) is 0 Å². The topological polar surface area (TPSA) is 92.3 Å². The maximum atomic E-state index is 11.9. The summed E-state index contributed by atoms with van der Waals surface area (Å²) < 4.78 is 0. The zero-order valence-corrected chi connectivity index (χ0v) is 16.0. The number of amides is 4. The molecule has 0 saturated heterocycles. The van der Waals surface area contributed by atoms with E-state index in [1.165, 1.54) is 23.9 Å². The molecule has 2 aromatic rings. The molecular weight excluding hydrogens is 388 g/mol. The number of imide groups is 2. The Labute approximate surface area is 171 Å². The van der Waals surface area contributed by atoms with Gasteiger partial charge in [-0.2, -0.15) is 0 Å². The molecule has 0 aromatic heterocycles. The lowest BCUT2D eigenvalue weighted by Gasteiger charge is -2.12. The van der Waals surface area contributed by atoms with Crippen LogP contribution in [-0.2, 0) is 32.0 Å². The van der Waals surface area contributed by atoms with Crippen molar-refractivity contribution in [2.75, 3.05) is 0 Å². The summed E-state index contributed by atoms with van der Waals surface area (Å²) in [6.45, 7) is 0. The maximum Gasteiger partial charge on any atom is 0.254 e. The van der Waals surface area contributed by atoms with Gasteiger partial charge in [0.25, 0.3) is 23.6 Å². The van der Waals surface area contributed by atoms with Gasteiger partial charge in [-0.15, -0.1) is 0 Å². The molecule has 0 bridgehead atoms. The van der Waals surface area contributed by atoms with Crippen LogP contribution in [0.4, 0.5) is 0 Å². The van der Waals surface area contributed by atoms with E-state index in [0.29, 0.717) is 24.0 Å². The van der Waals surface area contributed by atoms with E-state index in [9.17, 15) is 19.2 Å². The molecule has 0 spiro atoms. The van der Waals surface area contributed by atoms with E-state index in [1.807, 2.05) is 48.5 Å². The molecule has 0 unspecified atom stereocenters. The van der Waals surface area contributed by atoms with Crippen molar-refractivity contribution in [3.8, 4) is 0 Å². The van der Waals surface area contributed by atoms with Gasteiger partial charge in [-0.25, -0.2) is 0 Å². The van der Waals surface area contributed by atoms with Gasteiger partial charge in [-0.05, 0) is 23.3 Å². The molecule has 29 heavy (non-hydrogen) atoms. The van der Waals surface area contributed by atoms with Crippen molar-refractivity contribution in [2.45, 2.75) is 22.6 Å². The van der Waals surface area contributed by atoms with Gasteiger partial charge >= 0.3 is 0 Å². The van der Waals surface area contributed by atoms with Crippen LogP contribution < -0.4 is 10.6 Å². The smallest absolute Gasteiger partial charge is 0.254 e. The standard InChI is InChI=1S/C22H16N2O4S/c25-19-11-15(21(27)23-19)9-13-5-1-3-7-17(13)29-18-8-4-2-6-14(18)10-16-12-20(26)24-22(16)28/h1-8,11-12H,9-10H2,(H,23,25,27)(H,24,26,28). The number of hydrogen-bond acceptors (Lipinski definition) is 5. The zero-order chi connectivity index (χ0) is 20.4. The van der Waals surface area contributed by atoms with Gasteiger partial charge in [0.2, 0.25) is 0 Å². The average Bonchev–Trinajstić information content (AvgIpc) is 3.17. The fourth-order valence-electron chi connectivity index (χ4n) is 3.19. The fraction of sp³-hybridized carbons (Fsp3) is 0.0909. The van der Waals surface area contributed by atoms with Crippen molar-refractivity contribution >= 4 is 35.4 Å². The summed E-state index contributed by atoms with van der Waals surface area (Å²) in [6, 6.07) is 15.4. The van der Waals surface area contributed by atoms with Crippen molar-refractivity contribution in [2.24, 2.45) is 0 Å². The second-order valence-electron chi connectivity index (χ2n) is 6.65. The molecule has 2 aliphatic heterocycles. The molecule has 7 heteroatoms. The van der Waals surface area contributed by atoms with Gasteiger partial charge in [0.1, 0.15) is 0 Å². The van der Waals surface area contributed by atoms with E-state index in [4.69, 9.17) is 0 Å². The summed E-state index contributed by atoms with van der Waals surface area (Å²) >= 11 is 1.52. The first kappa shape index (κ1) is 18.9. The highest BCUT2D eigenvalue weighted by molar-refractivity contribution is 7.99. The monoisotopic (exact) mass is 404 g/mol. The van der Waals surface area contributed by atoms with E-state index >= 15 is 0 Å². The number of hydrogen-bond donors (Lipinski definition) is 2. The largest absolute Gasteiger partial charge is 0.289 e. The molecule has 4 amide bonds. The molecule has 2 aliphatic rings. The second-order valence-corrected chi connectivity index (χ2v) is 7.73. The van der Waals surface area contributed by atoms with Crippen LogP contribution in [-0.4, -0.2) is 23.6 Å². The molecule has 2 N–H and O–H groups in total. The van der Waals surface area contributed by atoms with E-state index in [1.54, 1.807) is 0 Å². The van der Waals surface area contributed by atoms with Gasteiger partial charge in [0.05, 0.1) is 0 Å². The quantitative estimate of drug-likeness (QED) is 0.720. The van der Waals surface area contributed by atoms with Crippen molar-refractivity contribution < 1.29 is 19.2 Å². The molecule has 2 aromatic carbocycles. The summed E-state index contributed by atoms with van der Waals surface area (Å²) in [5.74, 6) is -1.51. The van der Waals surface area contributed by atoms with E-state index in [2.05, 4.69) is 10.6 Å². The Bertz CT molecular complexity index is 1030. The molecule has 4 rings (SSSR count). The van der Waals surface area contributed by atoms with Crippen LogP contribution in [0.15, 0.2) is 81.6 Å². The number of rotatable bonds is 6. The second kappa shape index (κ2) is 7.89. The van der Waals surface area contributed by atoms with Gasteiger partial charge < -0.3 is 0 Å². The first-order chi connectivity index (χ1) is 14.0. The predicted octanol–water partition coefficient (Wildman–Crippen LogP) is 2.09. The van der Waals surface area contributed by atoms with E-state index in [-0.39, 0.29) is 11.8 Å². The van der Waals surface area contributed by atoms with Gasteiger partial charge in [0.15, 0.2) is 0 Å². The summed E-state index contributed by atoms with van der Waals surface area (Å²) in [6.07, 6.45) is 3.37. The number of carbonyl (C=O) groups is 4. The highest BCUT2D eigenvalue weighted by atomic mass is 32.2. The number of benzene rings is 2. The predicted molar refractivity (Wildman–Crippen MR) is 107 cm³/mol. The molecule has 0 aliphatic carbocycles. The van der Waals surface area contributed by atoms with Crippen LogP contribution in [0.1, 0.15) is 11.1 Å². The van der Waals surface area contributed by atoms with Crippen molar-refractivity contribution in [3.63, 3.8) is 0 Å². The van der Waals surface area contributed by atoms with Crippen molar-refractivity contribution in [3.05, 3.63) is 83.0 Å². The first-order valence-electron chi connectivity index (χ1n) is 8.95. The molecule has 0 fully saturated rings. The molecule has 0 atom stereocenters. The van der Waals surface area contributed by atoms with Gasteiger partial charge in [0, 0.05) is 45.9 Å². The zero-order valence-electron chi connectivity index (χ0n) is 15.2. The van der Waals surface area contributed by atoms with E-state index < -0.39 is 11.8 Å². The minimum absolute atomic E-state index is 0.352. The molecule has 144 valence electrons. The lowest BCUT2D eigenvalue weighted by atomic mass is 10.1. The molecule has 2 heterocycles. The minimum atomic E-state index is -0.391. The van der Waals surface area contributed by atoms with Crippen molar-refractivity contribution in [1.82, 2.24) is 10.6 Å². The van der Waals surface area contributed by atoms with Gasteiger partial charge in [-0.1, -0.05) is 48.2 Å². The van der Waals surface area contributed by atoms with Crippen molar-refractivity contribution in [1.29, 1.82) is 0 Å². The van der Waals surface area contributed by atoms with Crippen LogP contribution in [0.25, 0.3) is 0 Å². The normalized spacial score (nSPS) is 15.9. The average molecular weight is 404 g/mol. The Hall–Kier alpha value is -3.45. The third kappa shape index (κ3) is 4.20. The fourth-order valence-corrected chi connectivity index (χ4v) is 4.27. The Kier molecular flexibility index (Phi) is 5.14. The molecule has 6 nitrogen and oxygen atoms in total. The highest BCUT2D eigenvalue weighted by Crippen LogP contribution is 2.35. The highest BCUT2D eigenvalue weighted by Gasteiger charge is 2.23. The molecule has 0 saturated carbocycles. The Morgan fingerprint density at radius 3 is 1.41 bits per heavy atom. The first-order valence-corrected chi connectivity index (χ1v) is 9.76. The molecule has 0 radical (unpaired) electrons. The summed E-state index contributed by atoms with van der Waals surface area (Å²) in [5, 5.41) is 4.53. The summed E-state index contributed by atoms with van der Waals surface area (Å²) in [4.78, 5) is 48.5. The van der Waals surface area contributed by atoms with E-state index in [0.717, 1.165) is 20.9 Å². The third-order valence-electron chi connectivity index (χ3n) is 4.59. The lowest BCUT2D eigenvalue weighted by Crippen LogP contribution is -2.22. The summed E-state index contributed by atoms with van der Waals surface area (Å²) in [5.41, 5.74) is 2.72. The van der Waals surface area contributed by atoms with Crippen LogP contribution in [0, 0.1) is 0 Å². The lowest BCUT2D eigenvalue weighted by molar-refractivity contribution is -0.125.